The van der Waals surface area contributed by atoms with Crippen LogP contribution >= 0.6 is 0 Å². The van der Waals surface area contributed by atoms with E-state index in [-0.39, 0.29) is 30.3 Å². The lowest BCUT2D eigenvalue weighted by Crippen LogP contribution is -2.58. The Bertz CT molecular complexity index is 1200. The fourth-order valence-corrected chi connectivity index (χ4v) is 5.32. The van der Waals surface area contributed by atoms with Crippen LogP contribution in [-0.4, -0.2) is 95.5 Å². The summed E-state index contributed by atoms with van der Waals surface area (Å²) in [7, 11) is 3.00. The molecule has 0 saturated carbocycles. The van der Waals surface area contributed by atoms with Crippen LogP contribution in [0, 0.1) is 17.8 Å². The number of benzene rings is 1. The van der Waals surface area contributed by atoms with Gasteiger partial charge in [0.2, 0.25) is 17.7 Å². The van der Waals surface area contributed by atoms with E-state index in [4.69, 9.17) is 4.74 Å². The number of esters is 1. The normalized spacial score (nSPS) is 19.0. The summed E-state index contributed by atoms with van der Waals surface area (Å²) in [5.41, 5.74) is 1.88. The van der Waals surface area contributed by atoms with Crippen molar-refractivity contribution in [2.45, 2.75) is 91.5 Å². The number of carboxylic acid groups (broad SMARTS) is 1. The highest BCUT2D eigenvalue weighted by molar-refractivity contribution is 5.94. The first-order valence-electron chi connectivity index (χ1n) is 15.3. The molecule has 0 saturated heterocycles. The number of likely N-dealkylation sites (N-methyl/N-ethyl adjacent to an activating group) is 1. The van der Waals surface area contributed by atoms with Gasteiger partial charge in [0.1, 0.15) is 24.2 Å². The number of carbonyl (C=O) groups is 5. The molecule has 3 N–H and O–H groups in total. The second kappa shape index (κ2) is 16.4. The van der Waals surface area contributed by atoms with E-state index in [1.54, 1.807) is 58.4 Å². The van der Waals surface area contributed by atoms with Crippen molar-refractivity contribution >= 4 is 29.7 Å². The zero-order valence-corrected chi connectivity index (χ0v) is 27.5. The third kappa shape index (κ3) is 9.38. The van der Waals surface area contributed by atoms with E-state index in [0.717, 1.165) is 11.1 Å². The maximum absolute atomic E-state index is 14.0. The molecular weight excluding hydrogens is 564 g/mol. The van der Waals surface area contributed by atoms with Crippen LogP contribution in [0.1, 0.15) is 60.5 Å². The third-order valence-corrected chi connectivity index (χ3v) is 8.58. The monoisotopic (exact) mass is 614 g/mol. The van der Waals surface area contributed by atoms with E-state index in [9.17, 15) is 29.1 Å². The fraction of sp³-hybridized carbons (Fsp3) is 0.606. The summed E-state index contributed by atoms with van der Waals surface area (Å²) < 4.78 is 4.83. The Kier molecular flexibility index (Phi) is 13.6. The highest BCUT2D eigenvalue weighted by Crippen LogP contribution is 2.26. The number of amides is 3. The number of hydrogen-bond acceptors (Lipinski definition) is 7. The van der Waals surface area contributed by atoms with Crippen molar-refractivity contribution in [1.82, 2.24) is 20.4 Å². The molecule has 1 aromatic rings. The summed E-state index contributed by atoms with van der Waals surface area (Å²) in [6, 6.07) is 5.90. The van der Waals surface area contributed by atoms with E-state index < -0.39 is 53.8 Å². The third-order valence-electron chi connectivity index (χ3n) is 8.58. The van der Waals surface area contributed by atoms with Crippen LogP contribution in [0.2, 0.25) is 0 Å². The van der Waals surface area contributed by atoms with E-state index in [0.29, 0.717) is 12.8 Å². The van der Waals surface area contributed by atoms with Gasteiger partial charge in [0.15, 0.2) is 0 Å². The van der Waals surface area contributed by atoms with Crippen molar-refractivity contribution < 1.29 is 33.8 Å². The second-order valence-corrected chi connectivity index (χ2v) is 12.3. The number of aliphatic carboxylic acids is 1. The number of carboxylic acids is 1. The molecular formula is C33H50N4O7. The molecule has 11 heteroatoms. The molecule has 2 rings (SSSR count). The summed E-state index contributed by atoms with van der Waals surface area (Å²) in [5.74, 6) is -3.83. The zero-order chi connectivity index (χ0) is 33.3. The average molecular weight is 615 g/mol. The summed E-state index contributed by atoms with van der Waals surface area (Å²) in [6.07, 6.45) is 2.80. The Morgan fingerprint density at radius 1 is 0.955 bits per heavy atom. The van der Waals surface area contributed by atoms with Crippen LogP contribution in [-0.2, 0) is 35.1 Å². The molecule has 5 unspecified atom stereocenters. The number of hydrogen-bond donors (Lipinski definition) is 3. The van der Waals surface area contributed by atoms with Crippen LogP contribution in [0.25, 0.3) is 0 Å². The Balaban J connectivity index is 2.33. The van der Waals surface area contributed by atoms with Crippen LogP contribution in [0.15, 0.2) is 42.0 Å². The summed E-state index contributed by atoms with van der Waals surface area (Å²) in [6.45, 7) is 12.6. The van der Waals surface area contributed by atoms with E-state index >= 15 is 0 Å². The number of rotatable bonds is 14. The molecule has 244 valence electrons. The van der Waals surface area contributed by atoms with Gasteiger partial charge < -0.3 is 25.4 Å². The molecule has 0 aliphatic carbocycles. The molecule has 0 fully saturated rings. The number of carbonyl (C=O) groups excluding carboxylic acids is 4. The summed E-state index contributed by atoms with van der Waals surface area (Å²) in [5, 5.41) is 15.1. The van der Waals surface area contributed by atoms with Gasteiger partial charge in [-0.2, -0.15) is 0 Å². The highest BCUT2D eigenvalue weighted by Gasteiger charge is 2.37. The summed E-state index contributed by atoms with van der Waals surface area (Å²) >= 11 is 0. The van der Waals surface area contributed by atoms with Crippen molar-refractivity contribution in [2.24, 2.45) is 17.8 Å². The average Bonchev–Trinajstić information content (AvgIpc) is 3.14. The Morgan fingerprint density at radius 2 is 1.52 bits per heavy atom. The van der Waals surface area contributed by atoms with Gasteiger partial charge in [0.05, 0.1) is 13.0 Å². The maximum atomic E-state index is 14.0. The van der Waals surface area contributed by atoms with Crippen LogP contribution in [0.4, 0.5) is 0 Å². The highest BCUT2D eigenvalue weighted by atomic mass is 16.5. The fourth-order valence-electron chi connectivity index (χ4n) is 5.32. The molecule has 44 heavy (non-hydrogen) atoms. The number of ether oxygens (including phenoxy) is 1. The molecule has 1 aliphatic rings. The van der Waals surface area contributed by atoms with Crippen LogP contribution in [0.5, 0.6) is 0 Å². The molecule has 6 atom stereocenters. The van der Waals surface area contributed by atoms with Crippen molar-refractivity contribution in [1.29, 1.82) is 0 Å². The molecule has 0 aromatic heterocycles. The van der Waals surface area contributed by atoms with Gasteiger partial charge in [-0.15, -0.1) is 0 Å². The molecule has 3 amide bonds. The van der Waals surface area contributed by atoms with Gasteiger partial charge in [-0.25, -0.2) is 4.79 Å². The molecule has 0 radical (unpaired) electrons. The van der Waals surface area contributed by atoms with Crippen LogP contribution in [0.3, 0.4) is 0 Å². The van der Waals surface area contributed by atoms with Crippen molar-refractivity contribution in [3.05, 3.63) is 47.5 Å². The van der Waals surface area contributed by atoms with Gasteiger partial charge in [-0.1, -0.05) is 69.7 Å². The van der Waals surface area contributed by atoms with Crippen LogP contribution < -0.4 is 10.6 Å². The summed E-state index contributed by atoms with van der Waals surface area (Å²) in [4.78, 5) is 68.1. The van der Waals surface area contributed by atoms with E-state index in [1.165, 1.54) is 7.11 Å². The Morgan fingerprint density at radius 3 is 2.05 bits per heavy atom. The molecule has 11 nitrogen and oxygen atoms in total. The first-order valence-corrected chi connectivity index (χ1v) is 15.3. The van der Waals surface area contributed by atoms with Crippen molar-refractivity contribution in [3.8, 4) is 0 Å². The number of methoxy groups -OCH3 is 1. The molecule has 1 aromatic carbocycles. The van der Waals surface area contributed by atoms with Gasteiger partial charge in [0.25, 0.3) is 0 Å². The first-order chi connectivity index (χ1) is 20.6. The molecule has 0 spiro atoms. The van der Waals surface area contributed by atoms with Crippen molar-refractivity contribution in [3.63, 3.8) is 0 Å². The van der Waals surface area contributed by atoms with E-state index in [2.05, 4.69) is 10.6 Å². The molecule has 1 heterocycles. The van der Waals surface area contributed by atoms with Gasteiger partial charge in [-0.05, 0) is 58.1 Å². The quantitative estimate of drug-likeness (QED) is 0.214. The predicted octanol–water partition coefficient (Wildman–Crippen LogP) is 2.64. The minimum atomic E-state index is -0.946. The maximum Gasteiger partial charge on any atom is 0.328 e. The molecule has 1 aliphatic heterocycles. The van der Waals surface area contributed by atoms with Gasteiger partial charge in [0, 0.05) is 12.6 Å². The van der Waals surface area contributed by atoms with Crippen molar-refractivity contribution in [2.75, 3.05) is 20.7 Å². The zero-order valence-electron chi connectivity index (χ0n) is 27.5. The largest absolute Gasteiger partial charge is 0.480 e. The standard InChI is InChI=1S/C33H50N4O7/c1-19(2)27(30(39)35-28(20(3)4)33(43)44-9)34-29(38)22(6)37-16-15-25(21(5)36(8)23(7)32(41)42)18-26(31(37)40)17-24-13-11-10-12-14-24/h10-14,18-23,26-28H,15-17H2,1-9H3,(H,34,38)(H,35,39)(H,41,42)/t21?,22-,23?,26?,27?,28?/m0/s1. The van der Waals surface area contributed by atoms with Gasteiger partial charge >= 0.3 is 11.9 Å². The lowest BCUT2D eigenvalue weighted by Gasteiger charge is -2.32. The lowest BCUT2D eigenvalue weighted by molar-refractivity contribution is -0.147. The Hall–Kier alpha value is -3.73. The number of nitrogens with one attached hydrogen (secondary N) is 2. The predicted molar refractivity (Wildman–Crippen MR) is 167 cm³/mol. The Labute approximate surface area is 261 Å². The lowest BCUT2D eigenvalue weighted by atomic mass is 9.93. The first kappa shape index (κ1) is 36.5. The number of nitrogens with zero attached hydrogens (tertiary/aromatic N) is 2. The minimum Gasteiger partial charge on any atom is -0.480 e. The van der Waals surface area contributed by atoms with Gasteiger partial charge in [-0.3, -0.25) is 24.1 Å². The smallest absolute Gasteiger partial charge is 0.328 e. The topological polar surface area (TPSA) is 145 Å². The molecule has 0 bridgehead atoms. The van der Waals surface area contributed by atoms with E-state index in [1.807, 2.05) is 43.3 Å². The second-order valence-electron chi connectivity index (χ2n) is 12.3. The minimum absolute atomic E-state index is 0.219. The SMILES string of the molecule is COC(=O)C(NC(=O)C(NC(=O)[C@H](C)N1CCC(C(C)N(C)C(C)C(=O)O)=CC(Cc2ccccc2)C1=O)C(C)C)C(C)C.